The van der Waals surface area contributed by atoms with Crippen molar-refractivity contribution in [1.82, 2.24) is 20.6 Å². The van der Waals surface area contributed by atoms with Gasteiger partial charge in [-0.1, -0.05) is 5.16 Å². The van der Waals surface area contributed by atoms with Crippen LogP contribution in [0.2, 0.25) is 0 Å². The van der Waals surface area contributed by atoms with Gasteiger partial charge in [-0.3, -0.25) is 4.79 Å². The first-order chi connectivity index (χ1) is 7.84. The predicted octanol–water partition coefficient (Wildman–Crippen LogP) is 0.922. The molecule has 0 aliphatic heterocycles. The van der Waals surface area contributed by atoms with Crippen molar-refractivity contribution < 1.29 is 9.32 Å². The number of carbonyl (C=O) groups excluding carboxylic acids is 1. The SMILES string of the molecule is O=C(Nc1cn[nH]n1)c1cnoc1C1CC1. The summed E-state index contributed by atoms with van der Waals surface area (Å²) in [5.41, 5.74) is 0.477. The van der Waals surface area contributed by atoms with E-state index in [2.05, 4.69) is 25.9 Å². The van der Waals surface area contributed by atoms with E-state index in [9.17, 15) is 4.79 Å². The smallest absolute Gasteiger partial charge is 0.262 e. The third kappa shape index (κ3) is 1.56. The van der Waals surface area contributed by atoms with Crippen molar-refractivity contribution in [3.8, 4) is 0 Å². The van der Waals surface area contributed by atoms with E-state index >= 15 is 0 Å². The van der Waals surface area contributed by atoms with Crippen LogP contribution in [0.15, 0.2) is 16.9 Å². The van der Waals surface area contributed by atoms with Crippen LogP contribution in [0.1, 0.15) is 34.9 Å². The molecule has 1 aliphatic rings. The second kappa shape index (κ2) is 3.44. The number of aromatic amines is 1. The lowest BCUT2D eigenvalue weighted by molar-refractivity contribution is 0.102. The summed E-state index contributed by atoms with van der Waals surface area (Å²) in [5, 5.41) is 16.0. The van der Waals surface area contributed by atoms with Gasteiger partial charge >= 0.3 is 0 Å². The monoisotopic (exact) mass is 219 g/mol. The summed E-state index contributed by atoms with van der Waals surface area (Å²) < 4.78 is 5.07. The molecular formula is C9H9N5O2. The number of nitrogens with zero attached hydrogens (tertiary/aromatic N) is 3. The van der Waals surface area contributed by atoms with Crippen molar-refractivity contribution >= 4 is 11.7 Å². The zero-order valence-corrected chi connectivity index (χ0v) is 8.30. The lowest BCUT2D eigenvalue weighted by atomic mass is 10.2. The number of H-pyrrole nitrogens is 1. The van der Waals surface area contributed by atoms with Crippen LogP contribution in [0, 0.1) is 0 Å². The second-order valence-corrected chi connectivity index (χ2v) is 3.69. The van der Waals surface area contributed by atoms with Crippen molar-refractivity contribution in [3.63, 3.8) is 0 Å². The molecule has 2 N–H and O–H groups in total. The van der Waals surface area contributed by atoms with Gasteiger partial charge in [-0.05, 0) is 12.8 Å². The molecule has 1 saturated carbocycles. The minimum Gasteiger partial charge on any atom is -0.360 e. The molecule has 0 atom stereocenters. The summed E-state index contributed by atoms with van der Waals surface area (Å²) in [7, 11) is 0. The van der Waals surface area contributed by atoms with Crippen molar-refractivity contribution in [3.05, 3.63) is 23.7 Å². The van der Waals surface area contributed by atoms with Gasteiger partial charge in [0.2, 0.25) is 0 Å². The molecule has 2 aromatic rings. The average molecular weight is 219 g/mol. The molecule has 1 fully saturated rings. The van der Waals surface area contributed by atoms with E-state index in [0.717, 1.165) is 12.8 Å². The molecule has 0 radical (unpaired) electrons. The van der Waals surface area contributed by atoms with Crippen molar-refractivity contribution in [2.45, 2.75) is 18.8 Å². The van der Waals surface area contributed by atoms with Gasteiger partial charge in [0.25, 0.3) is 5.91 Å². The molecule has 0 aromatic carbocycles. The molecule has 2 heterocycles. The molecule has 7 nitrogen and oxygen atoms in total. The van der Waals surface area contributed by atoms with Crippen LogP contribution in [-0.2, 0) is 0 Å². The van der Waals surface area contributed by atoms with Crippen LogP contribution < -0.4 is 5.32 Å². The molecule has 16 heavy (non-hydrogen) atoms. The molecule has 0 saturated heterocycles. The third-order valence-corrected chi connectivity index (χ3v) is 2.45. The van der Waals surface area contributed by atoms with Gasteiger partial charge in [0, 0.05) is 5.92 Å². The zero-order chi connectivity index (χ0) is 11.0. The van der Waals surface area contributed by atoms with Crippen molar-refractivity contribution in [2.75, 3.05) is 5.32 Å². The highest BCUT2D eigenvalue weighted by atomic mass is 16.5. The normalized spacial score (nSPS) is 15.0. The average Bonchev–Trinajstić information content (AvgIpc) is 2.82. The number of hydrogen-bond acceptors (Lipinski definition) is 5. The van der Waals surface area contributed by atoms with Gasteiger partial charge in [0.05, 0.1) is 12.4 Å². The van der Waals surface area contributed by atoms with Crippen molar-refractivity contribution in [1.29, 1.82) is 0 Å². The lowest BCUT2D eigenvalue weighted by Gasteiger charge is -1.99. The Hall–Kier alpha value is -2.18. The van der Waals surface area contributed by atoms with Gasteiger partial charge in [0.15, 0.2) is 11.6 Å². The molecule has 82 valence electrons. The van der Waals surface area contributed by atoms with Crippen LogP contribution >= 0.6 is 0 Å². The molecule has 1 aliphatic carbocycles. The summed E-state index contributed by atoms with van der Waals surface area (Å²) in [6, 6.07) is 0. The molecule has 3 rings (SSSR count). The highest BCUT2D eigenvalue weighted by Crippen LogP contribution is 2.41. The van der Waals surface area contributed by atoms with Gasteiger partial charge in [0.1, 0.15) is 5.56 Å². The van der Waals surface area contributed by atoms with Gasteiger partial charge in [-0.2, -0.15) is 10.3 Å². The topological polar surface area (TPSA) is 96.7 Å². The second-order valence-electron chi connectivity index (χ2n) is 3.69. The van der Waals surface area contributed by atoms with E-state index in [0.29, 0.717) is 23.1 Å². The van der Waals surface area contributed by atoms with Crippen LogP contribution in [0.3, 0.4) is 0 Å². The Morgan fingerprint density at radius 3 is 3.06 bits per heavy atom. The fourth-order valence-electron chi connectivity index (χ4n) is 1.50. The maximum atomic E-state index is 11.8. The van der Waals surface area contributed by atoms with Crippen LogP contribution in [0.25, 0.3) is 0 Å². The highest BCUT2D eigenvalue weighted by molar-refractivity contribution is 6.04. The Bertz CT molecular complexity index is 500. The predicted molar refractivity (Wildman–Crippen MR) is 52.8 cm³/mol. The minimum atomic E-state index is -0.267. The number of rotatable bonds is 3. The largest absolute Gasteiger partial charge is 0.360 e. The Labute approximate surface area is 90.2 Å². The van der Waals surface area contributed by atoms with E-state index in [1.54, 1.807) is 0 Å². The summed E-state index contributed by atoms with van der Waals surface area (Å²) in [6.07, 6.45) is 4.98. The van der Waals surface area contributed by atoms with E-state index in [4.69, 9.17) is 4.52 Å². The van der Waals surface area contributed by atoms with E-state index < -0.39 is 0 Å². The quantitative estimate of drug-likeness (QED) is 0.800. The van der Waals surface area contributed by atoms with Crippen molar-refractivity contribution in [2.24, 2.45) is 0 Å². The summed E-state index contributed by atoms with van der Waals surface area (Å²) >= 11 is 0. The minimum absolute atomic E-state index is 0.267. The Morgan fingerprint density at radius 1 is 1.50 bits per heavy atom. The number of amides is 1. The number of anilines is 1. The summed E-state index contributed by atoms with van der Waals surface area (Å²) in [4.78, 5) is 11.8. The van der Waals surface area contributed by atoms with Gasteiger partial charge in [-0.25, -0.2) is 0 Å². The first kappa shape index (κ1) is 9.08. The van der Waals surface area contributed by atoms with Gasteiger partial charge < -0.3 is 9.84 Å². The maximum absolute atomic E-state index is 11.8. The number of aromatic nitrogens is 4. The molecule has 1 amide bonds. The molecule has 2 aromatic heterocycles. The number of nitrogens with one attached hydrogen (secondary N) is 2. The first-order valence-electron chi connectivity index (χ1n) is 4.96. The van der Waals surface area contributed by atoms with E-state index in [1.165, 1.54) is 12.4 Å². The van der Waals surface area contributed by atoms with Crippen LogP contribution in [0.5, 0.6) is 0 Å². The molecule has 0 spiro atoms. The highest BCUT2D eigenvalue weighted by Gasteiger charge is 2.32. The van der Waals surface area contributed by atoms with E-state index in [1.807, 2.05) is 0 Å². The first-order valence-corrected chi connectivity index (χ1v) is 4.96. The molecular weight excluding hydrogens is 210 g/mol. The zero-order valence-electron chi connectivity index (χ0n) is 8.30. The van der Waals surface area contributed by atoms with Crippen LogP contribution in [0.4, 0.5) is 5.82 Å². The third-order valence-electron chi connectivity index (χ3n) is 2.45. The fourth-order valence-corrected chi connectivity index (χ4v) is 1.50. The van der Waals surface area contributed by atoms with Crippen LogP contribution in [-0.4, -0.2) is 26.5 Å². The molecule has 7 heteroatoms. The Kier molecular flexibility index (Phi) is 1.95. The number of hydrogen-bond donors (Lipinski definition) is 2. The van der Waals surface area contributed by atoms with E-state index in [-0.39, 0.29) is 5.91 Å². The Balaban J connectivity index is 1.80. The standard InChI is InChI=1S/C9H9N5O2/c15-9(12-7-4-10-14-13-7)6-3-11-16-8(6)5-1-2-5/h3-5H,1-2H2,(H2,10,12,13,14,15). The summed E-state index contributed by atoms with van der Waals surface area (Å²) in [6.45, 7) is 0. The summed E-state index contributed by atoms with van der Waals surface area (Å²) in [5.74, 6) is 1.13. The lowest BCUT2D eigenvalue weighted by Crippen LogP contribution is -2.13. The molecule has 0 unspecified atom stereocenters. The number of carbonyl (C=O) groups is 1. The fraction of sp³-hybridized carbons (Fsp3) is 0.333. The van der Waals surface area contributed by atoms with Gasteiger partial charge in [-0.15, -0.1) is 5.10 Å². The molecule has 0 bridgehead atoms. The Morgan fingerprint density at radius 2 is 2.38 bits per heavy atom. The maximum Gasteiger partial charge on any atom is 0.262 e.